The highest BCUT2D eigenvalue weighted by atomic mass is 32.2. The number of aliphatic hydroxyl groups excluding tert-OH is 1. The van der Waals surface area contributed by atoms with Gasteiger partial charge in [-0.15, -0.1) is 0 Å². The molecule has 2 atom stereocenters. The van der Waals surface area contributed by atoms with E-state index in [1.54, 1.807) is 0 Å². The van der Waals surface area contributed by atoms with Crippen molar-refractivity contribution >= 4 is 21.1 Å². The molecule has 0 saturated carbocycles. The lowest BCUT2D eigenvalue weighted by atomic mass is 10.2. The minimum absolute atomic E-state index is 0.427. The summed E-state index contributed by atoms with van der Waals surface area (Å²) in [5, 5.41) is 10.0. The van der Waals surface area contributed by atoms with E-state index in [0.717, 1.165) is 23.1 Å². The van der Waals surface area contributed by atoms with Crippen molar-refractivity contribution in [3.05, 3.63) is 30.1 Å². The molecule has 0 radical (unpaired) electrons. The molecule has 0 aliphatic carbocycles. The molecule has 22 heavy (non-hydrogen) atoms. The van der Waals surface area contributed by atoms with Crippen molar-refractivity contribution in [1.82, 2.24) is 19.2 Å². The standard InChI is InChI=1S/C14H20N4O3S/c1-17-12-6-4-3-5-10(12)15-14(17)9-18-7-11(13(19)8-18)16-22(2,20)21/h3-6,11,13,16,19H,7-9H2,1-2H3/t11-,13-/m1/s1. The van der Waals surface area contributed by atoms with Crippen LogP contribution in [0, 0.1) is 0 Å². The summed E-state index contributed by atoms with van der Waals surface area (Å²) in [5.41, 5.74) is 1.99. The van der Waals surface area contributed by atoms with Crippen molar-refractivity contribution in [2.75, 3.05) is 19.3 Å². The fourth-order valence-electron chi connectivity index (χ4n) is 2.92. The number of nitrogens with one attached hydrogen (secondary N) is 1. The van der Waals surface area contributed by atoms with E-state index in [2.05, 4.69) is 9.71 Å². The second-order valence-electron chi connectivity index (χ2n) is 5.83. The van der Waals surface area contributed by atoms with Crippen LogP contribution in [0.1, 0.15) is 5.82 Å². The number of likely N-dealkylation sites (tertiary alicyclic amines) is 1. The van der Waals surface area contributed by atoms with Crippen molar-refractivity contribution in [2.24, 2.45) is 7.05 Å². The third-order valence-electron chi connectivity index (χ3n) is 3.97. The van der Waals surface area contributed by atoms with Gasteiger partial charge < -0.3 is 9.67 Å². The van der Waals surface area contributed by atoms with Crippen LogP contribution in [0.5, 0.6) is 0 Å². The zero-order chi connectivity index (χ0) is 15.9. The van der Waals surface area contributed by atoms with Crippen molar-refractivity contribution < 1.29 is 13.5 Å². The Morgan fingerprint density at radius 2 is 2.09 bits per heavy atom. The number of para-hydroxylation sites is 2. The maximum Gasteiger partial charge on any atom is 0.209 e. The minimum Gasteiger partial charge on any atom is -0.390 e. The normalized spacial score (nSPS) is 23.4. The van der Waals surface area contributed by atoms with Crippen molar-refractivity contribution in [3.8, 4) is 0 Å². The van der Waals surface area contributed by atoms with Crippen LogP contribution in [0.15, 0.2) is 24.3 Å². The first-order chi connectivity index (χ1) is 10.3. The fraction of sp³-hybridized carbons (Fsp3) is 0.500. The number of sulfonamides is 1. The minimum atomic E-state index is -3.32. The number of aliphatic hydroxyl groups is 1. The molecule has 2 aromatic rings. The van der Waals surface area contributed by atoms with Crippen LogP contribution in [0.2, 0.25) is 0 Å². The van der Waals surface area contributed by atoms with Crippen LogP contribution in [0.25, 0.3) is 11.0 Å². The third kappa shape index (κ3) is 3.14. The summed E-state index contributed by atoms with van der Waals surface area (Å²) in [5.74, 6) is 0.897. The maximum absolute atomic E-state index is 11.3. The van der Waals surface area contributed by atoms with Gasteiger partial charge in [0.25, 0.3) is 0 Å². The number of nitrogens with zero attached hydrogens (tertiary/aromatic N) is 3. The van der Waals surface area contributed by atoms with E-state index in [-0.39, 0.29) is 0 Å². The molecule has 1 aliphatic rings. The highest BCUT2D eigenvalue weighted by Crippen LogP contribution is 2.18. The number of rotatable bonds is 4. The predicted octanol–water partition coefficient (Wildman–Crippen LogP) is -0.332. The van der Waals surface area contributed by atoms with Crippen LogP contribution >= 0.6 is 0 Å². The summed E-state index contributed by atoms with van der Waals surface area (Å²) in [6.07, 6.45) is 0.401. The Bertz CT molecular complexity index is 786. The molecule has 1 saturated heterocycles. The van der Waals surface area contributed by atoms with Gasteiger partial charge in [-0.1, -0.05) is 12.1 Å². The molecular formula is C14H20N4O3S. The fourth-order valence-corrected chi connectivity index (χ4v) is 3.70. The first-order valence-corrected chi connectivity index (χ1v) is 9.01. The van der Waals surface area contributed by atoms with Gasteiger partial charge in [0.1, 0.15) is 5.82 Å². The van der Waals surface area contributed by atoms with Crippen LogP contribution in [-0.4, -0.2) is 59.5 Å². The molecule has 0 amide bonds. The van der Waals surface area contributed by atoms with Gasteiger partial charge in [0.2, 0.25) is 10.0 Å². The second-order valence-corrected chi connectivity index (χ2v) is 7.61. The molecule has 7 nitrogen and oxygen atoms in total. The van der Waals surface area contributed by atoms with E-state index in [0.29, 0.717) is 19.6 Å². The van der Waals surface area contributed by atoms with E-state index in [1.807, 2.05) is 40.8 Å². The summed E-state index contributed by atoms with van der Waals surface area (Å²) in [7, 11) is -1.36. The van der Waals surface area contributed by atoms with E-state index in [1.165, 1.54) is 0 Å². The molecule has 8 heteroatoms. The SMILES string of the molecule is Cn1c(CN2C[C@@H](O)[C@H](NS(C)(=O)=O)C2)nc2ccccc21. The zero-order valence-electron chi connectivity index (χ0n) is 12.6. The summed E-state index contributed by atoms with van der Waals surface area (Å²) in [4.78, 5) is 6.61. The topological polar surface area (TPSA) is 87.5 Å². The summed E-state index contributed by atoms with van der Waals surface area (Å²) < 4.78 is 27.1. The number of hydrogen-bond acceptors (Lipinski definition) is 5. The summed E-state index contributed by atoms with van der Waals surface area (Å²) >= 11 is 0. The number of hydrogen-bond donors (Lipinski definition) is 2. The zero-order valence-corrected chi connectivity index (χ0v) is 13.4. The number of aryl methyl sites for hydroxylation is 1. The number of β-amino-alcohol motifs (C(OH)–C–C–N with tert-alkyl or cyclic N) is 1. The Morgan fingerprint density at radius 3 is 2.77 bits per heavy atom. The molecule has 1 aliphatic heterocycles. The van der Waals surface area contributed by atoms with E-state index in [9.17, 15) is 13.5 Å². The molecule has 0 bridgehead atoms. The van der Waals surface area contributed by atoms with Gasteiger partial charge in [0, 0.05) is 20.1 Å². The molecule has 2 heterocycles. The van der Waals surface area contributed by atoms with Gasteiger partial charge >= 0.3 is 0 Å². The third-order valence-corrected chi connectivity index (χ3v) is 4.71. The summed E-state index contributed by atoms with van der Waals surface area (Å²) in [6, 6.07) is 7.43. The Kier molecular flexibility index (Phi) is 3.94. The van der Waals surface area contributed by atoms with Crippen LogP contribution < -0.4 is 4.72 Å². The van der Waals surface area contributed by atoms with Crippen LogP contribution in [-0.2, 0) is 23.6 Å². The van der Waals surface area contributed by atoms with Gasteiger partial charge in [0.15, 0.2) is 0 Å². The Hall–Kier alpha value is -1.48. The molecule has 1 aromatic carbocycles. The van der Waals surface area contributed by atoms with Gasteiger partial charge in [-0.3, -0.25) is 4.90 Å². The molecule has 120 valence electrons. The predicted molar refractivity (Wildman–Crippen MR) is 83.8 cm³/mol. The van der Waals surface area contributed by atoms with Crippen LogP contribution in [0.4, 0.5) is 0 Å². The highest BCUT2D eigenvalue weighted by Gasteiger charge is 2.33. The molecule has 0 unspecified atom stereocenters. The highest BCUT2D eigenvalue weighted by molar-refractivity contribution is 7.88. The van der Waals surface area contributed by atoms with E-state index in [4.69, 9.17) is 0 Å². The van der Waals surface area contributed by atoms with Crippen LogP contribution in [0.3, 0.4) is 0 Å². The first-order valence-electron chi connectivity index (χ1n) is 7.11. The van der Waals surface area contributed by atoms with Crippen molar-refractivity contribution in [2.45, 2.75) is 18.7 Å². The smallest absolute Gasteiger partial charge is 0.209 e. The summed E-state index contributed by atoms with van der Waals surface area (Å²) in [6.45, 7) is 1.47. The lowest BCUT2D eigenvalue weighted by Gasteiger charge is -2.15. The quantitative estimate of drug-likeness (QED) is 0.804. The van der Waals surface area contributed by atoms with E-state index >= 15 is 0 Å². The largest absolute Gasteiger partial charge is 0.390 e. The molecule has 1 aromatic heterocycles. The molecule has 2 N–H and O–H groups in total. The van der Waals surface area contributed by atoms with Crippen molar-refractivity contribution in [3.63, 3.8) is 0 Å². The monoisotopic (exact) mass is 324 g/mol. The maximum atomic E-state index is 11.3. The second kappa shape index (κ2) is 5.62. The van der Waals surface area contributed by atoms with Gasteiger partial charge in [-0.05, 0) is 12.1 Å². The molecule has 1 fully saturated rings. The average molecular weight is 324 g/mol. The Labute approximate surface area is 129 Å². The van der Waals surface area contributed by atoms with Crippen molar-refractivity contribution in [1.29, 1.82) is 0 Å². The van der Waals surface area contributed by atoms with E-state index < -0.39 is 22.2 Å². The number of aromatic nitrogens is 2. The number of imidazole rings is 1. The molecular weight excluding hydrogens is 304 g/mol. The average Bonchev–Trinajstić information content (AvgIpc) is 2.91. The van der Waals surface area contributed by atoms with Gasteiger partial charge in [-0.25, -0.2) is 18.1 Å². The first kappa shape index (κ1) is 15.4. The van der Waals surface area contributed by atoms with Gasteiger partial charge in [-0.2, -0.15) is 0 Å². The Balaban J connectivity index is 1.75. The molecule has 0 spiro atoms. The van der Waals surface area contributed by atoms with Gasteiger partial charge in [0.05, 0.1) is 36.0 Å². The number of fused-ring (bicyclic) bond motifs is 1. The Morgan fingerprint density at radius 1 is 1.36 bits per heavy atom. The lowest BCUT2D eigenvalue weighted by Crippen LogP contribution is -2.42. The lowest BCUT2D eigenvalue weighted by molar-refractivity contribution is 0.159. The molecule has 3 rings (SSSR count). The number of benzene rings is 1.